The van der Waals surface area contributed by atoms with Gasteiger partial charge in [-0.15, -0.1) is 13.2 Å². The molecule has 2 fully saturated rings. The van der Waals surface area contributed by atoms with E-state index in [2.05, 4.69) is 4.74 Å². The highest BCUT2D eigenvalue weighted by Crippen LogP contribution is 2.36. The predicted molar refractivity (Wildman–Crippen MR) is 73.2 cm³/mol. The van der Waals surface area contributed by atoms with Crippen molar-refractivity contribution in [1.82, 2.24) is 4.90 Å². The van der Waals surface area contributed by atoms with Gasteiger partial charge in [0.15, 0.2) is 0 Å². The summed E-state index contributed by atoms with van der Waals surface area (Å²) < 4.78 is 47.1. The van der Waals surface area contributed by atoms with Crippen molar-refractivity contribution in [2.45, 2.75) is 37.8 Å². The first-order chi connectivity index (χ1) is 10.9. The van der Waals surface area contributed by atoms with Crippen LogP contribution in [0.2, 0.25) is 0 Å². The minimum Gasteiger partial charge on any atom is -0.507 e. The Hall–Kier alpha value is -1.96. The molecule has 3 rings (SSSR count). The van der Waals surface area contributed by atoms with Gasteiger partial charge in [0.25, 0.3) is 5.91 Å². The fourth-order valence-electron chi connectivity index (χ4n) is 3.27. The van der Waals surface area contributed by atoms with Gasteiger partial charge in [-0.05, 0) is 31.4 Å². The van der Waals surface area contributed by atoms with Crippen LogP contribution in [0, 0.1) is 0 Å². The van der Waals surface area contributed by atoms with Crippen LogP contribution in [0.3, 0.4) is 0 Å². The fraction of sp³-hybridized carbons (Fsp3) is 0.533. The second kappa shape index (κ2) is 5.92. The Balaban J connectivity index is 1.92. The van der Waals surface area contributed by atoms with Gasteiger partial charge >= 0.3 is 6.36 Å². The van der Waals surface area contributed by atoms with Gasteiger partial charge < -0.3 is 19.5 Å². The summed E-state index contributed by atoms with van der Waals surface area (Å²) in [5.74, 6) is -1.89. The maximum atomic E-state index is 12.7. The lowest BCUT2D eigenvalue weighted by Crippen LogP contribution is -2.51. The monoisotopic (exact) mass is 331 g/mol. The standard InChI is InChI=1S/C15H16F3NO4/c16-15(17,18)23-12-6-2-4-10(20)13(12)14(21)19-7-8-22-11-5-1-3-9(11)19/h2,4,6,9,11,20H,1,3,5,7-8H2/t9-,11+/m1/s1. The highest BCUT2D eigenvalue weighted by atomic mass is 19.4. The van der Waals surface area contributed by atoms with E-state index >= 15 is 0 Å². The van der Waals surface area contributed by atoms with E-state index in [9.17, 15) is 23.1 Å². The summed E-state index contributed by atoms with van der Waals surface area (Å²) in [4.78, 5) is 14.2. The summed E-state index contributed by atoms with van der Waals surface area (Å²) >= 11 is 0. The van der Waals surface area contributed by atoms with Crippen molar-refractivity contribution in [1.29, 1.82) is 0 Å². The highest BCUT2D eigenvalue weighted by Gasteiger charge is 2.41. The Labute approximate surface area is 130 Å². The zero-order chi connectivity index (χ0) is 16.6. The molecule has 2 aliphatic rings. The number of phenolic OH excluding ortho intramolecular Hbond substituents is 1. The first-order valence-corrected chi connectivity index (χ1v) is 7.37. The summed E-state index contributed by atoms with van der Waals surface area (Å²) in [6, 6.07) is 3.22. The van der Waals surface area contributed by atoms with Crippen LogP contribution in [0.15, 0.2) is 18.2 Å². The van der Waals surface area contributed by atoms with Gasteiger partial charge in [-0.1, -0.05) is 6.07 Å². The van der Waals surface area contributed by atoms with Crippen molar-refractivity contribution < 1.29 is 32.5 Å². The number of rotatable bonds is 2. The number of aromatic hydroxyl groups is 1. The van der Waals surface area contributed by atoms with Crippen LogP contribution in [-0.4, -0.2) is 47.6 Å². The van der Waals surface area contributed by atoms with Crippen molar-refractivity contribution in [2.24, 2.45) is 0 Å². The number of halogens is 3. The molecule has 1 heterocycles. The number of benzene rings is 1. The maximum Gasteiger partial charge on any atom is 0.573 e. The molecule has 0 unspecified atom stereocenters. The topological polar surface area (TPSA) is 59.0 Å². The molecule has 1 amide bonds. The number of carbonyl (C=O) groups excluding carboxylic acids is 1. The largest absolute Gasteiger partial charge is 0.573 e. The fourth-order valence-corrected chi connectivity index (χ4v) is 3.27. The van der Waals surface area contributed by atoms with E-state index in [0.717, 1.165) is 25.3 Å². The van der Waals surface area contributed by atoms with Crippen LogP contribution in [0.4, 0.5) is 13.2 Å². The average molecular weight is 331 g/mol. The van der Waals surface area contributed by atoms with Crippen LogP contribution in [0.25, 0.3) is 0 Å². The van der Waals surface area contributed by atoms with Crippen molar-refractivity contribution in [3.63, 3.8) is 0 Å². The Bertz CT molecular complexity index is 605. The second-order valence-electron chi connectivity index (χ2n) is 5.60. The Morgan fingerprint density at radius 3 is 2.87 bits per heavy atom. The van der Waals surface area contributed by atoms with Crippen LogP contribution in [0.1, 0.15) is 29.6 Å². The number of alkyl halides is 3. The normalized spacial score (nSPS) is 24.4. The van der Waals surface area contributed by atoms with E-state index in [-0.39, 0.29) is 18.7 Å². The molecular formula is C15H16F3NO4. The molecule has 2 atom stereocenters. The number of nitrogens with zero attached hydrogens (tertiary/aromatic N) is 1. The van der Waals surface area contributed by atoms with Crippen molar-refractivity contribution in [3.05, 3.63) is 23.8 Å². The lowest BCUT2D eigenvalue weighted by atomic mass is 10.1. The average Bonchev–Trinajstić information content (AvgIpc) is 2.93. The second-order valence-corrected chi connectivity index (χ2v) is 5.60. The van der Waals surface area contributed by atoms with Gasteiger partial charge in [-0.3, -0.25) is 4.79 Å². The van der Waals surface area contributed by atoms with Crippen molar-refractivity contribution >= 4 is 5.91 Å². The van der Waals surface area contributed by atoms with E-state index in [0.29, 0.717) is 6.61 Å². The van der Waals surface area contributed by atoms with Gasteiger partial charge in [0, 0.05) is 6.54 Å². The highest BCUT2D eigenvalue weighted by molar-refractivity contribution is 5.99. The number of morpholine rings is 1. The van der Waals surface area contributed by atoms with E-state index in [1.165, 1.54) is 17.0 Å². The molecule has 0 aromatic heterocycles. The van der Waals surface area contributed by atoms with Gasteiger partial charge in [0.2, 0.25) is 0 Å². The number of ether oxygens (including phenoxy) is 2. The summed E-state index contributed by atoms with van der Waals surface area (Å²) in [7, 11) is 0. The number of amides is 1. The summed E-state index contributed by atoms with van der Waals surface area (Å²) in [6.45, 7) is 0.607. The molecule has 5 nitrogen and oxygen atoms in total. The Morgan fingerprint density at radius 2 is 2.13 bits per heavy atom. The minimum atomic E-state index is -4.94. The molecule has 126 valence electrons. The molecule has 0 radical (unpaired) electrons. The van der Waals surface area contributed by atoms with Gasteiger partial charge in [0.1, 0.15) is 17.1 Å². The molecule has 1 saturated carbocycles. The maximum absolute atomic E-state index is 12.7. The summed E-state index contributed by atoms with van der Waals surface area (Å²) in [6.07, 6.45) is -2.58. The molecule has 0 bridgehead atoms. The third-order valence-electron chi connectivity index (χ3n) is 4.19. The first-order valence-electron chi connectivity index (χ1n) is 7.37. The Kier molecular flexibility index (Phi) is 4.09. The Morgan fingerprint density at radius 1 is 1.35 bits per heavy atom. The van der Waals surface area contributed by atoms with Crippen LogP contribution < -0.4 is 4.74 Å². The number of hydrogen-bond donors (Lipinski definition) is 1. The van der Waals surface area contributed by atoms with Crippen LogP contribution in [-0.2, 0) is 4.74 Å². The molecule has 1 aliphatic heterocycles. The van der Waals surface area contributed by atoms with E-state index in [4.69, 9.17) is 4.74 Å². The zero-order valence-corrected chi connectivity index (χ0v) is 12.2. The van der Waals surface area contributed by atoms with Crippen molar-refractivity contribution in [3.8, 4) is 11.5 Å². The predicted octanol–water partition coefficient (Wildman–Crippen LogP) is 2.68. The molecule has 1 aromatic rings. The van der Waals surface area contributed by atoms with Gasteiger partial charge in [-0.2, -0.15) is 0 Å². The molecule has 23 heavy (non-hydrogen) atoms. The van der Waals surface area contributed by atoms with E-state index < -0.39 is 29.3 Å². The quantitative estimate of drug-likeness (QED) is 0.905. The number of carbonyl (C=O) groups is 1. The third-order valence-corrected chi connectivity index (χ3v) is 4.19. The van der Waals surface area contributed by atoms with Crippen molar-refractivity contribution in [2.75, 3.05) is 13.2 Å². The molecule has 0 spiro atoms. The lowest BCUT2D eigenvalue weighted by molar-refractivity contribution is -0.274. The molecule has 1 N–H and O–H groups in total. The van der Waals surface area contributed by atoms with E-state index in [1.807, 2.05) is 0 Å². The SMILES string of the molecule is O=C(c1c(O)cccc1OC(F)(F)F)N1CCO[C@H]2CCC[C@H]21. The third kappa shape index (κ3) is 3.21. The molecular weight excluding hydrogens is 315 g/mol. The number of phenols is 1. The first kappa shape index (κ1) is 15.9. The van der Waals surface area contributed by atoms with E-state index in [1.54, 1.807) is 0 Å². The molecule has 8 heteroatoms. The number of hydrogen-bond acceptors (Lipinski definition) is 4. The molecule has 1 aromatic carbocycles. The van der Waals surface area contributed by atoms with Crippen LogP contribution in [0.5, 0.6) is 11.5 Å². The zero-order valence-electron chi connectivity index (χ0n) is 12.2. The smallest absolute Gasteiger partial charge is 0.507 e. The number of fused-ring (bicyclic) bond motifs is 1. The summed E-state index contributed by atoms with van der Waals surface area (Å²) in [5.41, 5.74) is -0.461. The molecule has 1 aliphatic carbocycles. The minimum absolute atomic E-state index is 0.0921. The van der Waals surface area contributed by atoms with Crippen LogP contribution >= 0.6 is 0 Å². The lowest BCUT2D eigenvalue weighted by Gasteiger charge is -2.38. The molecule has 1 saturated heterocycles. The van der Waals surface area contributed by atoms with Gasteiger partial charge in [-0.25, -0.2) is 0 Å². The van der Waals surface area contributed by atoms with Gasteiger partial charge in [0.05, 0.1) is 18.8 Å². The summed E-state index contributed by atoms with van der Waals surface area (Å²) in [5, 5.41) is 9.90.